The maximum absolute atomic E-state index is 11.0. The molecular weight excluding hydrogens is 990 g/mol. The average molecular weight is 1050 g/mol. The minimum absolute atomic E-state index is 0.0209. The van der Waals surface area contributed by atoms with Crippen molar-refractivity contribution in [1.29, 1.82) is 0 Å². The number of nitrogens with one attached hydrogen (secondary N) is 1. The minimum Gasteiger partial charge on any atom is -0.486 e. The maximum atomic E-state index is 11.0. The second kappa shape index (κ2) is 30.7. The first kappa shape index (κ1) is 57.6. The number of likely N-dealkylation sites (N-methyl/N-ethyl adjacent to an activating group) is 2. The predicted octanol–water partition coefficient (Wildman–Crippen LogP) is 12.1. The summed E-state index contributed by atoms with van der Waals surface area (Å²) in [5.41, 5.74) is 7.27. The molecule has 0 unspecified atom stereocenters. The van der Waals surface area contributed by atoms with Gasteiger partial charge in [-0.25, -0.2) is 4.79 Å². The van der Waals surface area contributed by atoms with E-state index in [9.17, 15) is 18.0 Å². The number of hydrogen-bond acceptors (Lipinski definition) is 10. The highest BCUT2D eigenvalue weighted by Gasteiger charge is 2.17. The van der Waals surface area contributed by atoms with Crippen LogP contribution in [0.5, 0.6) is 11.5 Å². The standard InChI is InChI=1S/C27H29Cl2NO2.C15H15Cl2N.C13H18O6S/c1-20(31)19-32-26-15-5-21(6-16-26)4-3-17-30(2)18-27(22-7-11-24(28)12-8-22)23-9-13-25(29)14-10-23;1-18-10-15(11-2-6-13(16)7-3-11)12-4-8-14(17)9-5-12;1-17-13(14)10-18-12-7-5-11(6-8-12)4-3-9-19-20(2,15)16/h5-16,27H,3-4,17-19H2,1-2H3;2-9,15,18H,10H2,1H3;5-8H,3-4,9-10H2,1-2H3. The van der Waals surface area contributed by atoms with Crippen LogP contribution in [0, 0.1) is 0 Å². The summed E-state index contributed by atoms with van der Waals surface area (Å²) in [5, 5.41) is 6.24. The topological polar surface area (TPSA) is 120 Å². The van der Waals surface area contributed by atoms with Gasteiger partial charge >= 0.3 is 5.97 Å². The summed E-state index contributed by atoms with van der Waals surface area (Å²) in [6, 6.07) is 47.4. The van der Waals surface area contributed by atoms with E-state index in [-0.39, 0.29) is 31.5 Å². The lowest BCUT2D eigenvalue weighted by Crippen LogP contribution is -2.26. The Labute approximate surface area is 434 Å². The van der Waals surface area contributed by atoms with Crippen molar-refractivity contribution in [1.82, 2.24) is 10.2 Å². The van der Waals surface area contributed by atoms with Gasteiger partial charge in [0.1, 0.15) is 18.1 Å². The first-order valence-corrected chi connectivity index (χ1v) is 26.0. The van der Waals surface area contributed by atoms with E-state index < -0.39 is 16.1 Å². The molecule has 0 saturated carbocycles. The molecule has 0 aliphatic heterocycles. The number of nitrogens with zero attached hydrogens (tertiary/aromatic N) is 1. The van der Waals surface area contributed by atoms with Crippen molar-refractivity contribution in [3.05, 3.63) is 199 Å². The van der Waals surface area contributed by atoms with Gasteiger partial charge in [-0.05, 0) is 159 Å². The van der Waals surface area contributed by atoms with Crippen molar-refractivity contribution < 1.29 is 36.4 Å². The van der Waals surface area contributed by atoms with Crippen LogP contribution in [0.3, 0.4) is 0 Å². The highest BCUT2D eigenvalue weighted by Crippen LogP contribution is 2.29. The van der Waals surface area contributed by atoms with Crippen LogP contribution in [-0.2, 0) is 41.5 Å². The van der Waals surface area contributed by atoms with E-state index in [4.69, 9.17) is 55.9 Å². The van der Waals surface area contributed by atoms with Gasteiger partial charge in [-0.15, -0.1) is 0 Å². The third kappa shape index (κ3) is 22.4. The Bertz CT molecular complexity index is 2480. The molecule has 15 heteroatoms. The van der Waals surface area contributed by atoms with Gasteiger partial charge < -0.3 is 24.4 Å². The van der Waals surface area contributed by atoms with E-state index in [1.54, 1.807) is 12.1 Å². The molecule has 0 radical (unpaired) electrons. The summed E-state index contributed by atoms with van der Waals surface area (Å²) >= 11 is 24.1. The maximum Gasteiger partial charge on any atom is 0.343 e. The second-order valence-electron chi connectivity index (χ2n) is 16.5. The molecule has 10 nitrogen and oxygen atoms in total. The normalized spacial score (nSPS) is 11.1. The monoisotopic (exact) mass is 1050 g/mol. The summed E-state index contributed by atoms with van der Waals surface area (Å²) in [7, 11) is 2.05. The molecule has 0 spiro atoms. The zero-order valence-electron chi connectivity index (χ0n) is 40.2. The number of carbonyl (C=O) groups is 2. The van der Waals surface area contributed by atoms with Crippen LogP contribution in [0.1, 0.15) is 65.0 Å². The molecule has 6 aromatic carbocycles. The largest absolute Gasteiger partial charge is 0.486 e. The van der Waals surface area contributed by atoms with Crippen LogP contribution in [0.25, 0.3) is 0 Å². The van der Waals surface area contributed by atoms with Crippen molar-refractivity contribution in [2.75, 3.05) is 66.9 Å². The van der Waals surface area contributed by atoms with Crippen LogP contribution in [0.15, 0.2) is 146 Å². The van der Waals surface area contributed by atoms with Gasteiger partial charge in [-0.1, -0.05) is 119 Å². The number of benzene rings is 6. The van der Waals surface area contributed by atoms with Crippen molar-refractivity contribution in [3.8, 4) is 11.5 Å². The number of Topliss-reactive ketones (excluding diaryl/α,β-unsaturated/α-hetero) is 1. The third-order valence-corrected chi connectivity index (χ3v) is 12.4. The summed E-state index contributed by atoms with van der Waals surface area (Å²) < 4.78 is 41.3. The molecule has 0 aromatic heterocycles. The quantitative estimate of drug-likeness (QED) is 0.0377. The number of esters is 1. The first-order valence-electron chi connectivity index (χ1n) is 22.7. The van der Waals surface area contributed by atoms with Crippen molar-refractivity contribution >= 4 is 68.3 Å². The fourth-order valence-corrected chi connectivity index (χ4v) is 8.07. The van der Waals surface area contributed by atoms with Gasteiger partial charge in [-0.3, -0.25) is 8.98 Å². The van der Waals surface area contributed by atoms with Gasteiger partial charge in [0.05, 0.1) is 20.0 Å². The molecule has 6 aromatic rings. The van der Waals surface area contributed by atoms with Gasteiger partial charge in [0.15, 0.2) is 12.4 Å². The van der Waals surface area contributed by atoms with Crippen LogP contribution in [-0.4, -0.2) is 92.0 Å². The van der Waals surface area contributed by atoms with E-state index in [2.05, 4.69) is 86.8 Å². The average Bonchev–Trinajstić information content (AvgIpc) is 3.34. The number of methoxy groups -OCH3 is 1. The molecule has 0 atom stereocenters. The number of aryl methyl sites for hydroxylation is 2. The Balaban J connectivity index is 0.000000242. The summed E-state index contributed by atoms with van der Waals surface area (Å²) in [6.07, 6.45) is 4.38. The first-order chi connectivity index (χ1) is 33.5. The molecule has 0 bridgehead atoms. The second-order valence-corrected chi connectivity index (χ2v) is 19.9. The van der Waals surface area contributed by atoms with Crippen LogP contribution >= 0.6 is 46.4 Å². The van der Waals surface area contributed by atoms with Crippen molar-refractivity contribution in [3.63, 3.8) is 0 Å². The zero-order valence-corrected chi connectivity index (χ0v) is 44.1. The van der Waals surface area contributed by atoms with Crippen molar-refractivity contribution in [2.24, 2.45) is 0 Å². The Hall–Kier alpha value is -4.95. The number of halogens is 4. The summed E-state index contributed by atoms with van der Waals surface area (Å²) in [6.45, 7) is 4.45. The highest BCUT2D eigenvalue weighted by atomic mass is 35.5. The van der Waals surface area contributed by atoms with E-state index in [0.29, 0.717) is 24.5 Å². The van der Waals surface area contributed by atoms with Crippen LogP contribution in [0.2, 0.25) is 20.1 Å². The summed E-state index contributed by atoms with van der Waals surface area (Å²) in [4.78, 5) is 24.3. The fourth-order valence-electron chi connectivity index (χ4n) is 7.15. The predicted molar refractivity (Wildman–Crippen MR) is 285 cm³/mol. The van der Waals surface area contributed by atoms with Gasteiger partial charge in [-0.2, -0.15) is 8.42 Å². The Morgan fingerprint density at radius 3 is 1.34 bits per heavy atom. The molecule has 0 fully saturated rings. The Kier molecular flexibility index (Phi) is 25.3. The molecule has 70 heavy (non-hydrogen) atoms. The SMILES string of the molecule is CC(=O)COc1ccc(CCCN(C)CC(c2ccc(Cl)cc2)c2ccc(Cl)cc2)cc1.CNCC(c1ccc(Cl)cc1)c1ccc(Cl)cc1.COC(=O)COc1ccc(CCCOS(C)(=O)=O)cc1. The number of ketones is 1. The summed E-state index contributed by atoms with van der Waals surface area (Å²) in [5.74, 6) is 1.44. The molecule has 0 aliphatic rings. The minimum atomic E-state index is -3.37. The molecule has 0 aliphatic carbocycles. The zero-order chi connectivity index (χ0) is 50.9. The lowest BCUT2D eigenvalue weighted by Gasteiger charge is -2.25. The number of rotatable bonds is 23. The van der Waals surface area contributed by atoms with E-state index >= 15 is 0 Å². The Morgan fingerprint density at radius 2 is 0.971 bits per heavy atom. The molecule has 374 valence electrons. The van der Waals surface area contributed by atoms with Gasteiger partial charge in [0.25, 0.3) is 10.1 Å². The smallest absolute Gasteiger partial charge is 0.343 e. The van der Waals surface area contributed by atoms with Gasteiger partial charge in [0.2, 0.25) is 0 Å². The third-order valence-electron chi connectivity index (χ3n) is 10.8. The van der Waals surface area contributed by atoms with Crippen molar-refractivity contribution in [2.45, 2.75) is 44.4 Å². The molecule has 0 amide bonds. The van der Waals surface area contributed by atoms with E-state index in [0.717, 1.165) is 70.1 Å². The number of carbonyl (C=O) groups excluding carboxylic acids is 2. The van der Waals surface area contributed by atoms with Gasteiger partial charge in [0, 0.05) is 45.0 Å². The number of ether oxygens (including phenoxy) is 3. The molecular formula is C55H62Cl4N2O8S. The molecule has 0 heterocycles. The lowest BCUT2D eigenvalue weighted by atomic mass is 9.91. The molecule has 1 N–H and O–H groups in total. The molecule has 0 saturated heterocycles. The van der Waals surface area contributed by atoms with E-state index in [1.807, 2.05) is 79.8 Å². The van der Waals surface area contributed by atoms with E-state index in [1.165, 1.54) is 41.9 Å². The Morgan fingerprint density at radius 1 is 0.586 bits per heavy atom. The fraction of sp³-hybridized carbons (Fsp3) is 0.309. The van der Waals surface area contributed by atoms with Crippen LogP contribution in [0.4, 0.5) is 0 Å². The van der Waals surface area contributed by atoms with Crippen LogP contribution < -0.4 is 14.8 Å². The highest BCUT2D eigenvalue weighted by molar-refractivity contribution is 7.85. The number of hydrogen-bond donors (Lipinski definition) is 1. The molecule has 6 rings (SSSR count). The lowest BCUT2D eigenvalue weighted by molar-refractivity contribution is -0.142.